The molecule has 3 N–H and O–H groups in total. The van der Waals surface area contributed by atoms with Gasteiger partial charge in [-0.2, -0.15) is 0 Å². The Morgan fingerprint density at radius 3 is 2.53 bits per heavy atom. The van der Waals surface area contributed by atoms with Crippen LogP contribution in [0, 0.1) is 5.41 Å². The van der Waals surface area contributed by atoms with E-state index in [2.05, 4.69) is 4.90 Å². The maximum Gasteiger partial charge on any atom is 0.161 e. The fraction of sp³-hybridized carbons (Fsp3) is 0.462. The number of ether oxygens (including phenoxy) is 2. The van der Waals surface area contributed by atoms with Crippen molar-refractivity contribution in [3.63, 3.8) is 0 Å². The van der Waals surface area contributed by atoms with Crippen LogP contribution in [0.2, 0.25) is 0 Å². The Morgan fingerprint density at radius 2 is 2.00 bits per heavy atom. The van der Waals surface area contributed by atoms with E-state index >= 15 is 0 Å². The first-order valence-corrected chi connectivity index (χ1v) is 5.84. The molecule has 108 valence electrons. The van der Waals surface area contributed by atoms with Crippen molar-refractivity contribution < 1.29 is 9.47 Å². The number of amidine groups is 1. The van der Waals surface area contributed by atoms with Crippen LogP contribution in [0.15, 0.2) is 18.2 Å². The Morgan fingerprint density at radius 1 is 1.32 bits per heavy atom. The summed E-state index contributed by atoms with van der Waals surface area (Å²) >= 11 is 0. The van der Waals surface area contributed by atoms with Crippen LogP contribution in [0.3, 0.4) is 0 Å². The third kappa shape index (κ3) is 5.81. The predicted molar refractivity (Wildman–Crippen MR) is 79.9 cm³/mol. The van der Waals surface area contributed by atoms with Crippen LogP contribution in [-0.4, -0.2) is 45.1 Å². The lowest BCUT2D eigenvalue weighted by atomic mass is 10.2. The average Bonchev–Trinajstić information content (AvgIpc) is 2.34. The summed E-state index contributed by atoms with van der Waals surface area (Å²) in [5.41, 5.74) is 6.06. The molecule has 0 radical (unpaired) electrons. The minimum atomic E-state index is 0. The zero-order valence-corrected chi connectivity index (χ0v) is 12.4. The third-order valence-corrected chi connectivity index (χ3v) is 2.48. The van der Waals surface area contributed by atoms with E-state index in [1.807, 2.05) is 14.1 Å². The molecule has 5 nitrogen and oxygen atoms in total. The summed E-state index contributed by atoms with van der Waals surface area (Å²) in [5, 5.41) is 7.37. The molecule has 1 aromatic carbocycles. The Balaban J connectivity index is 0.00000324. The van der Waals surface area contributed by atoms with Crippen molar-refractivity contribution in [2.24, 2.45) is 5.73 Å². The van der Waals surface area contributed by atoms with Crippen molar-refractivity contribution in [1.82, 2.24) is 4.90 Å². The smallest absolute Gasteiger partial charge is 0.161 e. The molecule has 6 heteroatoms. The van der Waals surface area contributed by atoms with Gasteiger partial charge in [0.2, 0.25) is 0 Å². The zero-order valence-electron chi connectivity index (χ0n) is 11.6. The molecule has 0 amide bonds. The fourth-order valence-corrected chi connectivity index (χ4v) is 1.52. The van der Waals surface area contributed by atoms with Crippen LogP contribution < -0.4 is 15.2 Å². The molecule has 0 aliphatic carbocycles. The quantitative estimate of drug-likeness (QED) is 0.455. The van der Waals surface area contributed by atoms with Crippen LogP contribution in [0.1, 0.15) is 12.0 Å². The molecule has 0 unspecified atom stereocenters. The number of rotatable bonds is 7. The zero-order chi connectivity index (χ0) is 13.5. The van der Waals surface area contributed by atoms with Gasteiger partial charge >= 0.3 is 0 Å². The normalized spacial score (nSPS) is 9.89. The van der Waals surface area contributed by atoms with Gasteiger partial charge in [0, 0.05) is 12.1 Å². The molecule has 0 atom stereocenters. The molecule has 0 fully saturated rings. The molecule has 0 aromatic heterocycles. The minimum Gasteiger partial charge on any atom is -0.493 e. The molecule has 0 aliphatic heterocycles. The number of benzene rings is 1. The van der Waals surface area contributed by atoms with Crippen molar-refractivity contribution in [2.75, 3.05) is 34.4 Å². The van der Waals surface area contributed by atoms with E-state index < -0.39 is 0 Å². The van der Waals surface area contributed by atoms with Gasteiger partial charge in [-0.15, -0.1) is 12.4 Å². The number of halogens is 1. The largest absolute Gasteiger partial charge is 0.493 e. The van der Waals surface area contributed by atoms with Crippen LogP contribution in [0.25, 0.3) is 0 Å². The van der Waals surface area contributed by atoms with E-state index in [4.69, 9.17) is 20.6 Å². The number of hydrogen-bond acceptors (Lipinski definition) is 4. The van der Waals surface area contributed by atoms with Crippen molar-refractivity contribution in [3.05, 3.63) is 23.8 Å². The highest BCUT2D eigenvalue weighted by Crippen LogP contribution is 2.27. The van der Waals surface area contributed by atoms with E-state index in [9.17, 15) is 0 Å². The summed E-state index contributed by atoms with van der Waals surface area (Å²) in [6.07, 6.45) is 0.949. The first kappa shape index (κ1) is 17.5. The second kappa shape index (κ2) is 8.61. The van der Waals surface area contributed by atoms with Crippen LogP contribution in [0.4, 0.5) is 0 Å². The fourth-order valence-electron chi connectivity index (χ4n) is 1.52. The molecule has 0 saturated heterocycles. The summed E-state index contributed by atoms with van der Waals surface area (Å²) in [5.74, 6) is 1.31. The number of nitrogen functional groups attached to an aromatic ring is 1. The van der Waals surface area contributed by atoms with E-state index in [0.717, 1.165) is 13.0 Å². The highest BCUT2D eigenvalue weighted by Gasteiger charge is 2.07. The predicted octanol–water partition coefficient (Wildman–Crippen LogP) is 1.73. The van der Waals surface area contributed by atoms with Gasteiger partial charge in [0.1, 0.15) is 5.84 Å². The van der Waals surface area contributed by atoms with Gasteiger partial charge in [0.25, 0.3) is 0 Å². The Hall–Kier alpha value is -1.46. The van der Waals surface area contributed by atoms with Gasteiger partial charge in [-0.25, -0.2) is 0 Å². The maximum absolute atomic E-state index is 7.37. The van der Waals surface area contributed by atoms with E-state index in [-0.39, 0.29) is 18.2 Å². The molecule has 0 spiro atoms. The molecule has 0 heterocycles. The number of hydrogen-bond donors (Lipinski definition) is 2. The summed E-state index contributed by atoms with van der Waals surface area (Å²) in [6.45, 7) is 1.61. The number of nitrogens with one attached hydrogen (secondary N) is 1. The topological polar surface area (TPSA) is 71.6 Å². The van der Waals surface area contributed by atoms with Gasteiger partial charge in [0.15, 0.2) is 11.5 Å². The molecule has 0 bridgehead atoms. The molecular weight excluding hydrogens is 266 g/mol. The lowest BCUT2D eigenvalue weighted by molar-refractivity contribution is 0.268. The van der Waals surface area contributed by atoms with Crippen LogP contribution >= 0.6 is 12.4 Å². The third-order valence-electron chi connectivity index (χ3n) is 2.48. The summed E-state index contributed by atoms with van der Waals surface area (Å²) in [7, 11) is 5.64. The maximum atomic E-state index is 7.37. The Bertz CT molecular complexity index is 411. The molecule has 0 saturated carbocycles. The highest BCUT2D eigenvalue weighted by atomic mass is 35.5. The standard InChI is InChI=1S/C13H21N3O2.ClH/c1-16(2)7-4-8-18-11-6-5-10(13(14)15)9-12(11)17-3;/h5-6,9H,4,7-8H2,1-3H3,(H3,14,15);1H. The number of methoxy groups -OCH3 is 1. The monoisotopic (exact) mass is 287 g/mol. The van der Waals surface area contributed by atoms with E-state index in [0.29, 0.717) is 23.7 Å². The van der Waals surface area contributed by atoms with Crippen LogP contribution in [0.5, 0.6) is 11.5 Å². The summed E-state index contributed by atoms with van der Waals surface area (Å²) in [4.78, 5) is 2.11. The minimum absolute atomic E-state index is 0. The van der Waals surface area contributed by atoms with Gasteiger partial charge in [0.05, 0.1) is 13.7 Å². The number of nitrogens with zero attached hydrogens (tertiary/aromatic N) is 1. The molecule has 0 aliphatic rings. The Kier molecular flexibility index (Phi) is 7.95. The second-order valence-electron chi connectivity index (χ2n) is 4.28. The molecule has 1 rings (SSSR count). The van der Waals surface area contributed by atoms with E-state index in [1.165, 1.54) is 0 Å². The first-order valence-electron chi connectivity index (χ1n) is 5.84. The van der Waals surface area contributed by atoms with Gasteiger partial charge in [-0.3, -0.25) is 5.41 Å². The van der Waals surface area contributed by atoms with Gasteiger partial charge < -0.3 is 20.1 Å². The van der Waals surface area contributed by atoms with Gasteiger partial charge in [-0.1, -0.05) is 0 Å². The summed E-state index contributed by atoms with van der Waals surface area (Å²) < 4.78 is 10.9. The lowest BCUT2D eigenvalue weighted by Gasteiger charge is -2.13. The lowest BCUT2D eigenvalue weighted by Crippen LogP contribution is -2.15. The SMILES string of the molecule is COc1cc(C(=N)N)ccc1OCCCN(C)C.Cl. The van der Waals surface area contributed by atoms with E-state index in [1.54, 1.807) is 25.3 Å². The van der Waals surface area contributed by atoms with Crippen LogP contribution in [-0.2, 0) is 0 Å². The molecule has 1 aromatic rings. The Labute approximate surface area is 120 Å². The second-order valence-corrected chi connectivity index (χ2v) is 4.28. The van der Waals surface area contributed by atoms with Crippen molar-refractivity contribution in [3.8, 4) is 11.5 Å². The van der Waals surface area contributed by atoms with Crippen molar-refractivity contribution in [2.45, 2.75) is 6.42 Å². The summed E-state index contributed by atoms with van der Waals surface area (Å²) in [6, 6.07) is 5.25. The average molecular weight is 288 g/mol. The first-order chi connectivity index (χ1) is 8.54. The van der Waals surface area contributed by atoms with Crippen molar-refractivity contribution in [1.29, 1.82) is 5.41 Å². The number of nitrogens with two attached hydrogens (primary N) is 1. The molecular formula is C13H22ClN3O2. The highest BCUT2D eigenvalue weighted by molar-refractivity contribution is 5.95. The molecule has 19 heavy (non-hydrogen) atoms. The van der Waals surface area contributed by atoms with Crippen molar-refractivity contribution >= 4 is 18.2 Å². The van der Waals surface area contributed by atoms with Gasteiger partial charge in [-0.05, 0) is 38.7 Å².